The lowest BCUT2D eigenvalue weighted by Gasteiger charge is -2.33. The minimum Gasteiger partial charge on any atom is -0.325 e. The van der Waals surface area contributed by atoms with E-state index in [-0.39, 0.29) is 5.91 Å². The standard InChI is InChI=1S/C22H24N4O/c23-17-20-8-10-21(11-9-20)24-22(27)18-26-15-13-25(14-16-26)12-4-7-19-5-2-1-3-6-19/h1-11H,12-16,18H2,(H,24,27)/b7-4+. The number of nitrogens with zero attached hydrogens (tertiary/aromatic N) is 3. The van der Waals surface area contributed by atoms with E-state index in [4.69, 9.17) is 5.26 Å². The van der Waals surface area contributed by atoms with Gasteiger partial charge in [-0.3, -0.25) is 14.6 Å². The number of amides is 1. The number of hydrogen-bond donors (Lipinski definition) is 1. The van der Waals surface area contributed by atoms with Crippen molar-refractivity contribution < 1.29 is 4.79 Å². The topological polar surface area (TPSA) is 59.4 Å². The average molecular weight is 360 g/mol. The maximum Gasteiger partial charge on any atom is 0.238 e. The second-order valence-corrected chi connectivity index (χ2v) is 6.63. The molecular formula is C22H24N4O. The Morgan fingerprint density at radius 3 is 2.33 bits per heavy atom. The van der Waals surface area contributed by atoms with E-state index in [1.54, 1.807) is 24.3 Å². The molecule has 0 atom stereocenters. The van der Waals surface area contributed by atoms with E-state index < -0.39 is 0 Å². The Hall–Kier alpha value is -2.94. The number of nitrogens with one attached hydrogen (secondary N) is 1. The van der Waals surface area contributed by atoms with Crippen molar-refractivity contribution in [3.63, 3.8) is 0 Å². The van der Waals surface area contributed by atoms with Crippen molar-refractivity contribution in [2.45, 2.75) is 0 Å². The van der Waals surface area contributed by atoms with E-state index in [9.17, 15) is 4.79 Å². The van der Waals surface area contributed by atoms with Crippen LogP contribution in [0.5, 0.6) is 0 Å². The van der Waals surface area contributed by atoms with Gasteiger partial charge in [0.1, 0.15) is 0 Å². The highest BCUT2D eigenvalue weighted by molar-refractivity contribution is 5.92. The molecule has 1 saturated heterocycles. The molecule has 1 aliphatic rings. The molecule has 0 aromatic heterocycles. The number of piperazine rings is 1. The van der Waals surface area contributed by atoms with Crippen LogP contribution >= 0.6 is 0 Å². The third-order valence-corrected chi connectivity index (χ3v) is 4.60. The van der Waals surface area contributed by atoms with Gasteiger partial charge in [0, 0.05) is 38.4 Å². The summed E-state index contributed by atoms with van der Waals surface area (Å²) >= 11 is 0. The number of benzene rings is 2. The molecule has 0 radical (unpaired) electrons. The first-order valence-electron chi connectivity index (χ1n) is 9.19. The fraction of sp³-hybridized carbons (Fsp3) is 0.273. The van der Waals surface area contributed by atoms with Crippen molar-refractivity contribution in [3.8, 4) is 6.07 Å². The highest BCUT2D eigenvalue weighted by atomic mass is 16.2. The Kier molecular flexibility index (Phi) is 6.75. The minimum absolute atomic E-state index is 0.0165. The lowest BCUT2D eigenvalue weighted by atomic mass is 10.2. The third-order valence-electron chi connectivity index (χ3n) is 4.60. The Morgan fingerprint density at radius 2 is 1.67 bits per heavy atom. The molecule has 0 bridgehead atoms. The van der Waals surface area contributed by atoms with Crippen LogP contribution in [-0.4, -0.2) is 55.0 Å². The molecule has 1 N–H and O–H groups in total. The molecular weight excluding hydrogens is 336 g/mol. The van der Waals surface area contributed by atoms with E-state index in [1.165, 1.54) is 5.56 Å². The summed E-state index contributed by atoms with van der Waals surface area (Å²) in [5.41, 5.74) is 2.53. The average Bonchev–Trinajstić information content (AvgIpc) is 2.71. The van der Waals surface area contributed by atoms with Gasteiger partial charge in [0.15, 0.2) is 0 Å². The van der Waals surface area contributed by atoms with Crippen LogP contribution in [0.15, 0.2) is 60.7 Å². The van der Waals surface area contributed by atoms with Crippen LogP contribution in [0.3, 0.4) is 0 Å². The largest absolute Gasteiger partial charge is 0.325 e. The predicted octanol–water partition coefficient (Wildman–Crippen LogP) is 2.83. The molecule has 2 aromatic carbocycles. The maximum atomic E-state index is 12.2. The van der Waals surface area contributed by atoms with E-state index >= 15 is 0 Å². The Labute approximate surface area is 160 Å². The Morgan fingerprint density at radius 1 is 1.00 bits per heavy atom. The van der Waals surface area contributed by atoms with Crippen molar-refractivity contribution >= 4 is 17.7 Å². The van der Waals surface area contributed by atoms with E-state index in [1.807, 2.05) is 18.2 Å². The molecule has 5 heteroatoms. The number of rotatable bonds is 6. The highest BCUT2D eigenvalue weighted by Crippen LogP contribution is 2.09. The smallest absolute Gasteiger partial charge is 0.238 e. The summed E-state index contributed by atoms with van der Waals surface area (Å²) < 4.78 is 0. The van der Waals surface area contributed by atoms with E-state index in [2.05, 4.69) is 45.5 Å². The number of anilines is 1. The summed E-state index contributed by atoms with van der Waals surface area (Å²) in [6.45, 7) is 5.03. The first-order valence-corrected chi connectivity index (χ1v) is 9.19. The van der Waals surface area contributed by atoms with E-state index in [0.29, 0.717) is 12.1 Å². The van der Waals surface area contributed by atoms with Crippen molar-refractivity contribution in [3.05, 3.63) is 71.8 Å². The molecule has 138 valence electrons. The summed E-state index contributed by atoms with van der Waals surface area (Å²) in [6, 6.07) is 19.3. The number of nitriles is 1. The summed E-state index contributed by atoms with van der Waals surface area (Å²) in [4.78, 5) is 16.8. The normalized spacial score (nSPS) is 15.5. The van der Waals surface area contributed by atoms with Gasteiger partial charge in [-0.15, -0.1) is 0 Å². The zero-order valence-electron chi connectivity index (χ0n) is 15.3. The molecule has 2 aromatic rings. The first-order chi connectivity index (χ1) is 13.2. The molecule has 0 saturated carbocycles. The van der Waals surface area contributed by atoms with Crippen LogP contribution in [-0.2, 0) is 4.79 Å². The second kappa shape index (κ2) is 9.67. The van der Waals surface area contributed by atoms with Crippen LogP contribution in [0.25, 0.3) is 6.08 Å². The molecule has 5 nitrogen and oxygen atoms in total. The Balaban J connectivity index is 1.38. The van der Waals surface area contributed by atoms with Crippen molar-refractivity contribution in [2.75, 3.05) is 44.6 Å². The zero-order chi connectivity index (χ0) is 18.9. The molecule has 0 spiro atoms. The molecule has 1 amide bonds. The third kappa shape index (κ3) is 6.07. The van der Waals surface area contributed by atoms with Crippen LogP contribution < -0.4 is 5.32 Å². The highest BCUT2D eigenvalue weighted by Gasteiger charge is 2.18. The number of carbonyl (C=O) groups excluding carboxylic acids is 1. The van der Waals surface area contributed by atoms with Gasteiger partial charge in [-0.2, -0.15) is 5.26 Å². The van der Waals surface area contributed by atoms with Gasteiger partial charge in [0.25, 0.3) is 0 Å². The summed E-state index contributed by atoms with van der Waals surface area (Å²) in [5, 5.41) is 11.7. The van der Waals surface area contributed by atoms with Gasteiger partial charge >= 0.3 is 0 Å². The van der Waals surface area contributed by atoms with Crippen molar-refractivity contribution in [2.24, 2.45) is 0 Å². The minimum atomic E-state index is -0.0165. The van der Waals surface area contributed by atoms with Crippen molar-refractivity contribution in [1.29, 1.82) is 5.26 Å². The monoisotopic (exact) mass is 360 g/mol. The summed E-state index contributed by atoms with van der Waals surface area (Å²) in [7, 11) is 0. The van der Waals surface area contributed by atoms with Crippen LogP contribution in [0.1, 0.15) is 11.1 Å². The SMILES string of the molecule is N#Cc1ccc(NC(=O)CN2CCN(C/C=C/c3ccccc3)CC2)cc1. The lowest BCUT2D eigenvalue weighted by molar-refractivity contribution is -0.117. The number of carbonyl (C=O) groups is 1. The zero-order valence-corrected chi connectivity index (χ0v) is 15.3. The van der Waals surface area contributed by atoms with Gasteiger partial charge in [-0.05, 0) is 29.8 Å². The molecule has 1 aliphatic heterocycles. The summed E-state index contributed by atoms with van der Waals surface area (Å²) in [5.74, 6) is -0.0165. The molecule has 27 heavy (non-hydrogen) atoms. The van der Waals surface area contributed by atoms with Gasteiger partial charge in [0.05, 0.1) is 18.2 Å². The lowest BCUT2D eigenvalue weighted by Crippen LogP contribution is -2.48. The fourth-order valence-corrected chi connectivity index (χ4v) is 3.06. The van der Waals surface area contributed by atoms with Crippen molar-refractivity contribution in [1.82, 2.24) is 9.80 Å². The van der Waals surface area contributed by atoms with E-state index in [0.717, 1.165) is 38.4 Å². The number of hydrogen-bond acceptors (Lipinski definition) is 4. The van der Waals surface area contributed by atoms with Crippen LogP contribution in [0, 0.1) is 11.3 Å². The maximum absolute atomic E-state index is 12.2. The van der Waals surface area contributed by atoms with Gasteiger partial charge in [-0.1, -0.05) is 42.5 Å². The molecule has 3 rings (SSSR count). The van der Waals surface area contributed by atoms with Crippen LogP contribution in [0.2, 0.25) is 0 Å². The predicted molar refractivity (Wildman–Crippen MR) is 108 cm³/mol. The Bertz CT molecular complexity index is 800. The second-order valence-electron chi connectivity index (χ2n) is 6.63. The molecule has 0 unspecified atom stereocenters. The quantitative estimate of drug-likeness (QED) is 0.861. The van der Waals surface area contributed by atoms with Gasteiger partial charge in [0.2, 0.25) is 5.91 Å². The summed E-state index contributed by atoms with van der Waals surface area (Å²) in [6.07, 6.45) is 4.35. The molecule has 0 aliphatic carbocycles. The van der Waals surface area contributed by atoms with Crippen LogP contribution in [0.4, 0.5) is 5.69 Å². The molecule has 1 fully saturated rings. The van der Waals surface area contributed by atoms with Gasteiger partial charge < -0.3 is 5.32 Å². The fourth-order valence-electron chi connectivity index (χ4n) is 3.06. The van der Waals surface area contributed by atoms with Gasteiger partial charge in [-0.25, -0.2) is 0 Å². The first kappa shape index (κ1) is 18.8. The molecule has 1 heterocycles.